The van der Waals surface area contributed by atoms with Crippen molar-refractivity contribution in [1.82, 2.24) is 9.97 Å². The van der Waals surface area contributed by atoms with Gasteiger partial charge in [0.15, 0.2) is 5.78 Å². The Kier molecular flexibility index (Phi) is 4.86. The SMILES string of the molecule is CSCc1nc(C(=O)Nc2ccc3c(c2)C(=O)CC(C)(C)O3)cc(=O)[nH]1. The predicted octanol–water partition coefficient (Wildman–Crippen LogP) is 2.63. The average molecular weight is 373 g/mol. The largest absolute Gasteiger partial charge is 0.487 e. The molecule has 3 rings (SSSR count). The molecule has 0 fully saturated rings. The maximum Gasteiger partial charge on any atom is 0.274 e. The van der Waals surface area contributed by atoms with E-state index >= 15 is 0 Å². The van der Waals surface area contributed by atoms with E-state index in [2.05, 4.69) is 15.3 Å². The summed E-state index contributed by atoms with van der Waals surface area (Å²) in [5.41, 5.74) is -0.0232. The number of amides is 1. The second-order valence-electron chi connectivity index (χ2n) is 6.64. The molecule has 1 amide bonds. The minimum atomic E-state index is -0.544. The standard InChI is InChI=1S/C18H19N3O4S/c1-18(2)8-13(22)11-6-10(4-5-14(11)25-18)19-17(24)12-7-16(23)21-15(20-12)9-26-3/h4-7H,8-9H2,1-3H3,(H,19,24)(H,20,21,23). The minimum absolute atomic E-state index is 0.0271. The molecule has 7 nitrogen and oxygen atoms in total. The summed E-state index contributed by atoms with van der Waals surface area (Å²) in [4.78, 5) is 43.2. The molecule has 0 radical (unpaired) electrons. The lowest BCUT2D eigenvalue weighted by Crippen LogP contribution is -2.35. The molecule has 1 aromatic heterocycles. The van der Waals surface area contributed by atoms with E-state index in [1.54, 1.807) is 18.2 Å². The number of hydrogen-bond acceptors (Lipinski definition) is 6. The Labute approximate surface area is 154 Å². The number of thioether (sulfide) groups is 1. The third kappa shape index (κ3) is 3.96. The lowest BCUT2D eigenvalue weighted by atomic mass is 9.93. The number of aromatic nitrogens is 2. The van der Waals surface area contributed by atoms with Gasteiger partial charge in [-0.3, -0.25) is 14.4 Å². The van der Waals surface area contributed by atoms with Crippen molar-refractivity contribution >= 4 is 29.1 Å². The first-order chi connectivity index (χ1) is 12.3. The molecular weight excluding hydrogens is 354 g/mol. The fourth-order valence-electron chi connectivity index (χ4n) is 2.75. The van der Waals surface area contributed by atoms with Crippen LogP contribution in [-0.2, 0) is 5.75 Å². The summed E-state index contributed by atoms with van der Waals surface area (Å²) < 4.78 is 5.80. The van der Waals surface area contributed by atoms with Gasteiger partial charge in [-0.2, -0.15) is 11.8 Å². The third-order valence-electron chi connectivity index (χ3n) is 3.81. The van der Waals surface area contributed by atoms with Gasteiger partial charge in [-0.15, -0.1) is 0 Å². The molecule has 2 heterocycles. The van der Waals surface area contributed by atoms with Gasteiger partial charge in [0.2, 0.25) is 0 Å². The summed E-state index contributed by atoms with van der Waals surface area (Å²) >= 11 is 1.49. The van der Waals surface area contributed by atoms with Crippen LogP contribution in [0, 0.1) is 0 Å². The van der Waals surface area contributed by atoms with Crippen LogP contribution in [0.5, 0.6) is 5.75 Å². The monoisotopic (exact) mass is 373 g/mol. The minimum Gasteiger partial charge on any atom is -0.487 e. The Morgan fingerprint density at radius 1 is 1.35 bits per heavy atom. The number of ketones is 1. The zero-order chi connectivity index (χ0) is 18.9. The van der Waals surface area contributed by atoms with Crippen molar-refractivity contribution in [2.45, 2.75) is 31.6 Å². The zero-order valence-corrected chi connectivity index (χ0v) is 15.5. The first-order valence-electron chi connectivity index (χ1n) is 8.04. The number of fused-ring (bicyclic) bond motifs is 1. The molecular formula is C18H19N3O4S. The number of rotatable bonds is 4. The summed E-state index contributed by atoms with van der Waals surface area (Å²) in [5.74, 6) is 0.885. The van der Waals surface area contributed by atoms with E-state index in [1.807, 2.05) is 20.1 Å². The molecule has 1 aliphatic rings. The highest BCUT2D eigenvalue weighted by atomic mass is 32.2. The summed E-state index contributed by atoms with van der Waals surface area (Å²) in [6.45, 7) is 3.71. The summed E-state index contributed by atoms with van der Waals surface area (Å²) in [6.07, 6.45) is 2.14. The number of H-pyrrole nitrogens is 1. The number of hydrogen-bond donors (Lipinski definition) is 2. The topological polar surface area (TPSA) is 101 Å². The lowest BCUT2D eigenvalue weighted by molar-refractivity contribution is 0.0620. The van der Waals surface area contributed by atoms with E-state index in [0.717, 1.165) is 6.07 Å². The highest BCUT2D eigenvalue weighted by Crippen LogP contribution is 2.34. The molecule has 8 heteroatoms. The molecule has 1 aliphatic heterocycles. The lowest BCUT2D eigenvalue weighted by Gasteiger charge is -2.31. The van der Waals surface area contributed by atoms with Gasteiger partial charge in [-0.05, 0) is 38.3 Å². The Bertz CT molecular complexity index is 936. The van der Waals surface area contributed by atoms with Crippen LogP contribution >= 0.6 is 11.8 Å². The van der Waals surface area contributed by atoms with Gasteiger partial charge in [0.25, 0.3) is 11.5 Å². The molecule has 0 unspecified atom stereocenters. The van der Waals surface area contributed by atoms with Crippen molar-refractivity contribution in [3.05, 3.63) is 51.7 Å². The highest BCUT2D eigenvalue weighted by molar-refractivity contribution is 7.97. The maximum absolute atomic E-state index is 12.4. The molecule has 0 aliphatic carbocycles. The van der Waals surface area contributed by atoms with Crippen molar-refractivity contribution in [3.8, 4) is 5.75 Å². The van der Waals surface area contributed by atoms with Crippen molar-refractivity contribution in [2.24, 2.45) is 0 Å². The van der Waals surface area contributed by atoms with E-state index in [4.69, 9.17) is 4.74 Å². The molecule has 26 heavy (non-hydrogen) atoms. The van der Waals surface area contributed by atoms with E-state index in [9.17, 15) is 14.4 Å². The normalized spacial score (nSPS) is 15.1. The number of carbonyl (C=O) groups is 2. The van der Waals surface area contributed by atoms with E-state index in [1.165, 1.54) is 11.8 Å². The zero-order valence-electron chi connectivity index (χ0n) is 14.7. The van der Waals surface area contributed by atoms with Gasteiger partial charge in [0.05, 0.1) is 17.7 Å². The molecule has 2 aromatic rings. The van der Waals surface area contributed by atoms with Crippen molar-refractivity contribution in [2.75, 3.05) is 11.6 Å². The van der Waals surface area contributed by atoms with Crippen LogP contribution in [0.15, 0.2) is 29.1 Å². The van der Waals surface area contributed by atoms with Gasteiger partial charge in [-0.25, -0.2) is 4.98 Å². The molecule has 2 N–H and O–H groups in total. The second kappa shape index (κ2) is 6.95. The van der Waals surface area contributed by atoms with E-state index < -0.39 is 11.5 Å². The van der Waals surface area contributed by atoms with Crippen molar-refractivity contribution in [1.29, 1.82) is 0 Å². The van der Waals surface area contributed by atoms with Crippen molar-refractivity contribution in [3.63, 3.8) is 0 Å². The van der Waals surface area contributed by atoms with Crippen LogP contribution < -0.4 is 15.6 Å². The quantitative estimate of drug-likeness (QED) is 0.854. The first-order valence-corrected chi connectivity index (χ1v) is 9.43. The van der Waals surface area contributed by atoms with Crippen LogP contribution in [0.1, 0.15) is 46.9 Å². The molecule has 1 aromatic carbocycles. The average Bonchev–Trinajstić information content (AvgIpc) is 2.54. The Balaban J connectivity index is 1.84. The smallest absolute Gasteiger partial charge is 0.274 e. The fraction of sp³-hybridized carbons (Fsp3) is 0.333. The summed E-state index contributed by atoms with van der Waals surface area (Å²) in [6, 6.07) is 6.05. The number of nitrogens with zero attached hydrogens (tertiary/aromatic N) is 1. The number of anilines is 1. The molecule has 0 saturated heterocycles. The summed E-state index contributed by atoms with van der Waals surface area (Å²) in [7, 11) is 0. The van der Waals surface area contributed by atoms with Gasteiger partial charge in [-0.1, -0.05) is 0 Å². The molecule has 136 valence electrons. The van der Waals surface area contributed by atoms with Gasteiger partial charge in [0.1, 0.15) is 22.9 Å². The van der Waals surface area contributed by atoms with Crippen LogP contribution in [-0.4, -0.2) is 33.5 Å². The number of Topliss-reactive ketones (excluding diaryl/α,β-unsaturated/α-hetero) is 1. The molecule has 0 bridgehead atoms. The third-order valence-corrected chi connectivity index (χ3v) is 4.38. The number of ether oxygens (including phenoxy) is 1. The molecule has 0 atom stereocenters. The summed E-state index contributed by atoms with van der Waals surface area (Å²) in [5, 5.41) is 2.68. The van der Waals surface area contributed by atoms with Gasteiger partial charge in [0, 0.05) is 11.8 Å². The van der Waals surface area contributed by atoms with E-state index in [0.29, 0.717) is 28.6 Å². The fourth-order valence-corrected chi connectivity index (χ4v) is 3.17. The number of carbonyl (C=O) groups excluding carboxylic acids is 2. The predicted molar refractivity (Wildman–Crippen MR) is 100 cm³/mol. The number of benzene rings is 1. The molecule has 0 spiro atoms. The second-order valence-corrected chi connectivity index (χ2v) is 7.50. The Hall–Kier alpha value is -2.61. The van der Waals surface area contributed by atoms with Crippen LogP contribution in [0.3, 0.4) is 0 Å². The van der Waals surface area contributed by atoms with Crippen molar-refractivity contribution < 1.29 is 14.3 Å². The van der Waals surface area contributed by atoms with Crippen LogP contribution in [0.2, 0.25) is 0 Å². The van der Waals surface area contributed by atoms with E-state index in [-0.39, 0.29) is 23.5 Å². The Morgan fingerprint density at radius 3 is 2.85 bits per heavy atom. The number of aromatic amines is 1. The Morgan fingerprint density at radius 2 is 2.12 bits per heavy atom. The first kappa shape index (κ1) is 18.2. The molecule has 0 saturated carbocycles. The number of nitrogens with one attached hydrogen (secondary N) is 2. The van der Waals surface area contributed by atoms with Crippen LogP contribution in [0.4, 0.5) is 5.69 Å². The van der Waals surface area contributed by atoms with Crippen LogP contribution in [0.25, 0.3) is 0 Å². The maximum atomic E-state index is 12.4. The van der Waals surface area contributed by atoms with Gasteiger partial charge >= 0.3 is 0 Å². The van der Waals surface area contributed by atoms with Gasteiger partial charge < -0.3 is 15.0 Å². The highest BCUT2D eigenvalue weighted by Gasteiger charge is 2.32.